The fourth-order valence-electron chi connectivity index (χ4n) is 1.27. The van der Waals surface area contributed by atoms with Crippen molar-refractivity contribution in [3.63, 3.8) is 0 Å². The summed E-state index contributed by atoms with van der Waals surface area (Å²) in [6, 6.07) is 4.33. The van der Waals surface area contributed by atoms with Gasteiger partial charge in [0.15, 0.2) is 0 Å². The van der Waals surface area contributed by atoms with Gasteiger partial charge in [0.1, 0.15) is 24.0 Å². The van der Waals surface area contributed by atoms with Crippen molar-refractivity contribution in [1.29, 1.82) is 0 Å². The Balaban J connectivity index is 2.10. The predicted molar refractivity (Wildman–Crippen MR) is 61.6 cm³/mol. The van der Waals surface area contributed by atoms with Crippen molar-refractivity contribution < 1.29 is 9.13 Å². The zero-order valence-corrected chi connectivity index (χ0v) is 10.2. The first-order chi connectivity index (χ1) is 7.66. The van der Waals surface area contributed by atoms with Gasteiger partial charge in [-0.3, -0.25) is 0 Å². The Labute approximate surface area is 101 Å². The van der Waals surface area contributed by atoms with Gasteiger partial charge in [-0.1, -0.05) is 0 Å². The van der Waals surface area contributed by atoms with Crippen molar-refractivity contribution in [3.05, 3.63) is 46.7 Å². The summed E-state index contributed by atoms with van der Waals surface area (Å²) in [6.45, 7) is 0.311. The summed E-state index contributed by atoms with van der Waals surface area (Å²) in [7, 11) is 1.88. The molecule has 1 heterocycles. The van der Waals surface area contributed by atoms with Gasteiger partial charge in [0, 0.05) is 25.5 Å². The minimum atomic E-state index is -0.321. The van der Waals surface area contributed by atoms with Crippen LogP contribution in [0.4, 0.5) is 4.39 Å². The molecule has 0 fully saturated rings. The maximum atomic E-state index is 13.0. The molecule has 0 aliphatic carbocycles. The summed E-state index contributed by atoms with van der Waals surface area (Å²) in [5.41, 5.74) is 0. The van der Waals surface area contributed by atoms with Crippen LogP contribution >= 0.6 is 15.9 Å². The third-order valence-corrected chi connectivity index (χ3v) is 2.83. The van der Waals surface area contributed by atoms with Crippen LogP contribution in [0.1, 0.15) is 5.82 Å². The molecule has 16 heavy (non-hydrogen) atoms. The lowest BCUT2D eigenvalue weighted by Gasteiger charge is -2.07. The molecular formula is C11H10BrFN2O. The van der Waals surface area contributed by atoms with E-state index < -0.39 is 0 Å². The van der Waals surface area contributed by atoms with Crippen LogP contribution in [0.2, 0.25) is 0 Å². The van der Waals surface area contributed by atoms with Gasteiger partial charge >= 0.3 is 0 Å². The van der Waals surface area contributed by atoms with Crippen molar-refractivity contribution in [1.82, 2.24) is 9.55 Å². The number of hydrogen-bond acceptors (Lipinski definition) is 2. The van der Waals surface area contributed by atoms with Crippen molar-refractivity contribution >= 4 is 15.9 Å². The molecule has 84 valence electrons. The number of rotatable bonds is 3. The second kappa shape index (κ2) is 4.65. The molecule has 0 spiro atoms. The largest absolute Gasteiger partial charge is 0.484 e. The van der Waals surface area contributed by atoms with E-state index in [0.29, 0.717) is 12.4 Å². The second-order valence-corrected chi connectivity index (χ2v) is 4.17. The Morgan fingerprint density at radius 1 is 1.50 bits per heavy atom. The Morgan fingerprint density at radius 3 is 3.00 bits per heavy atom. The van der Waals surface area contributed by atoms with E-state index in [1.165, 1.54) is 12.1 Å². The highest BCUT2D eigenvalue weighted by Crippen LogP contribution is 2.26. The second-order valence-electron chi connectivity index (χ2n) is 3.32. The molecule has 0 aliphatic rings. The summed E-state index contributed by atoms with van der Waals surface area (Å²) in [5.74, 6) is 0.942. The van der Waals surface area contributed by atoms with Crippen LogP contribution < -0.4 is 4.74 Å². The van der Waals surface area contributed by atoms with Crippen LogP contribution in [0.5, 0.6) is 5.75 Å². The van der Waals surface area contributed by atoms with E-state index in [9.17, 15) is 4.39 Å². The smallest absolute Gasteiger partial charge is 0.146 e. The number of ether oxygens (including phenoxy) is 1. The summed E-state index contributed by atoms with van der Waals surface area (Å²) in [4.78, 5) is 4.11. The maximum absolute atomic E-state index is 13.0. The van der Waals surface area contributed by atoms with E-state index in [-0.39, 0.29) is 5.82 Å². The van der Waals surface area contributed by atoms with Crippen molar-refractivity contribution in [3.8, 4) is 5.75 Å². The highest BCUT2D eigenvalue weighted by molar-refractivity contribution is 9.10. The Morgan fingerprint density at radius 2 is 2.31 bits per heavy atom. The number of nitrogens with zero attached hydrogens (tertiary/aromatic N) is 2. The fourth-order valence-corrected chi connectivity index (χ4v) is 1.63. The van der Waals surface area contributed by atoms with Gasteiger partial charge in [0.25, 0.3) is 0 Å². The lowest BCUT2D eigenvalue weighted by molar-refractivity contribution is 0.288. The van der Waals surface area contributed by atoms with Crippen molar-refractivity contribution in [2.45, 2.75) is 6.61 Å². The molecule has 0 unspecified atom stereocenters. The monoisotopic (exact) mass is 284 g/mol. The summed E-state index contributed by atoms with van der Waals surface area (Å²) in [6.07, 6.45) is 3.53. The topological polar surface area (TPSA) is 27.1 Å². The van der Waals surface area contributed by atoms with Crippen LogP contribution in [0.15, 0.2) is 35.1 Å². The molecule has 2 aromatic rings. The molecule has 0 bridgehead atoms. The van der Waals surface area contributed by atoms with Gasteiger partial charge in [0.2, 0.25) is 0 Å². The molecule has 5 heteroatoms. The first-order valence-electron chi connectivity index (χ1n) is 4.71. The van der Waals surface area contributed by atoms with Gasteiger partial charge in [0.05, 0.1) is 4.47 Å². The third-order valence-electron chi connectivity index (χ3n) is 2.17. The van der Waals surface area contributed by atoms with E-state index in [2.05, 4.69) is 20.9 Å². The molecule has 0 saturated carbocycles. The molecule has 0 amide bonds. The van der Waals surface area contributed by atoms with Crippen LogP contribution in [0.3, 0.4) is 0 Å². The fraction of sp³-hybridized carbons (Fsp3) is 0.182. The SMILES string of the molecule is Cn1ccnc1COc1cc(F)ccc1Br. The van der Waals surface area contributed by atoms with Gasteiger partial charge in [-0.05, 0) is 28.1 Å². The van der Waals surface area contributed by atoms with Crippen LogP contribution in [0.25, 0.3) is 0 Å². The van der Waals surface area contributed by atoms with E-state index in [1.807, 2.05) is 17.8 Å². The molecule has 1 aromatic carbocycles. The summed E-state index contributed by atoms with van der Waals surface area (Å²) < 4.78 is 21.0. The quantitative estimate of drug-likeness (QED) is 0.867. The van der Waals surface area contributed by atoms with E-state index in [1.54, 1.807) is 12.3 Å². The predicted octanol–water partition coefficient (Wildman–Crippen LogP) is 2.90. The minimum Gasteiger partial charge on any atom is -0.484 e. The number of aryl methyl sites for hydroxylation is 1. The minimum absolute atomic E-state index is 0.311. The highest BCUT2D eigenvalue weighted by Gasteiger charge is 2.05. The first-order valence-corrected chi connectivity index (χ1v) is 5.50. The maximum Gasteiger partial charge on any atom is 0.146 e. The normalized spacial score (nSPS) is 10.4. The van der Waals surface area contributed by atoms with E-state index in [4.69, 9.17) is 4.74 Å². The van der Waals surface area contributed by atoms with Crippen molar-refractivity contribution in [2.75, 3.05) is 0 Å². The molecule has 0 saturated heterocycles. The number of aromatic nitrogens is 2. The Hall–Kier alpha value is -1.36. The first kappa shape index (κ1) is 11.1. The zero-order chi connectivity index (χ0) is 11.5. The van der Waals surface area contributed by atoms with Gasteiger partial charge in [-0.15, -0.1) is 0 Å². The van der Waals surface area contributed by atoms with Gasteiger partial charge in [-0.25, -0.2) is 9.37 Å². The molecule has 3 nitrogen and oxygen atoms in total. The summed E-state index contributed by atoms with van der Waals surface area (Å²) in [5, 5.41) is 0. The average molecular weight is 285 g/mol. The lowest BCUT2D eigenvalue weighted by Crippen LogP contribution is -2.03. The summed E-state index contributed by atoms with van der Waals surface area (Å²) >= 11 is 3.29. The Bertz CT molecular complexity index is 498. The van der Waals surface area contributed by atoms with Crippen LogP contribution in [-0.2, 0) is 13.7 Å². The molecule has 0 atom stereocenters. The zero-order valence-electron chi connectivity index (χ0n) is 8.65. The van der Waals surface area contributed by atoms with Crippen LogP contribution in [0, 0.1) is 5.82 Å². The number of imidazole rings is 1. The number of benzene rings is 1. The number of hydrogen-bond donors (Lipinski definition) is 0. The Kier molecular flexibility index (Phi) is 3.24. The highest BCUT2D eigenvalue weighted by atomic mass is 79.9. The van der Waals surface area contributed by atoms with Crippen LogP contribution in [-0.4, -0.2) is 9.55 Å². The van der Waals surface area contributed by atoms with E-state index in [0.717, 1.165) is 10.3 Å². The standard InChI is InChI=1S/C11H10BrFN2O/c1-15-5-4-14-11(15)7-16-10-6-8(13)2-3-9(10)12/h2-6H,7H2,1H3. The number of halogens is 2. The average Bonchev–Trinajstić information content (AvgIpc) is 2.66. The molecule has 0 radical (unpaired) electrons. The molecule has 2 rings (SSSR count). The van der Waals surface area contributed by atoms with E-state index >= 15 is 0 Å². The van der Waals surface area contributed by atoms with Gasteiger partial charge < -0.3 is 9.30 Å². The molecule has 0 aliphatic heterocycles. The molecule has 1 aromatic heterocycles. The molecule has 0 N–H and O–H groups in total. The lowest BCUT2D eigenvalue weighted by atomic mass is 10.3. The van der Waals surface area contributed by atoms with Crippen molar-refractivity contribution in [2.24, 2.45) is 7.05 Å². The molecular weight excluding hydrogens is 275 g/mol. The third kappa shape index (κ3) is 2.41. The van der Waals surface area contributed by atoms with Gasteiger partial charge in [-0.2, -0.15) is 0 Å².